The fourth-order valence-electron chi connectivity index (χ4n) is 2.74. The monoisotopic (exact) mass is 287 g/mol. The van der Waals surface area contributed by atoms with E-state index in [4.69, 9.17) is 4.74 Å². The summed E-state index contributed by atoms with van der Waals surface area (Å²) in [6.07, 6.45) is 2.65. The molecule has 1 saturated heterocycles. The van der Waals surface area contributed by atoms with Gasteiger partial charge in [-0.3, -0.25) is 10.1 Å². The minimum Gasteiger partial charge on any atom is -0.382 e. The van der Waals surface area contributed by atoms with Gasteiger partial charge < -0.3 is 10.1 Å². The van der Waals surface area contributed by atoms with Crippen LogP contribution >= 0.6 is 0 Å². The highest BCUT2D eigenvalue weighted by Gasteiger charge is 2.23. The zero-order valence-electron chi connectivity index (χ0n) is 11.8. The van der Waals surface area contributed by atoms with Gasteiger partial charge in [0.2, 0.25) is 0 Å². The molecule has 2 heterocycles. The molecule has 0 saturated carbocycles. The Bertz CT molecular complexity index is 668. The van der Waals surface area contributed by atoms with Crippen LogP contribution in [0.5, 0.6) is 0 Å². The quantitative estimate of drug-likeness (QED) is 0.691. The number of fused-ring (bicyclic) bond motifs is 1. The molecule has 6 nitrogen and oxygen atoms in total. The number of hydrogen-bond donors (Lipinski definition) is 1. The molecule has 6 heteroatoms. The molecule has 3 rings (SSSR count). The van der Waals surface area contributed by atoms with Crippen molar-refractivity contribution in [1.82, 2.24) is 4.98 Å². The van der Waals surface area contributed by atoms with Gasteiger partial charge in [0.05, 0.1) is 11.5 Å². The highest BCUT2D eigenvalue weighted by molar-refractivity contribution is 5.96. The molecule has 2 unspecified atom stereocenters. The van der Waals surface area contributed by atoms with Gasteiger partial charge in [0, 0.05) is 41.9 Å². The summed E-state index contributed by atoms with van der Waals surface area (Å²) in [6, 6.07) is 7.13. The lowest BCUT2D eigenvalue weighted by atomic mass is 10.00. The maximum Gasteiger partial charge on any atom is 0.295 e. The Morgan fingerprint density at radius 1 is 1.48 bits per heavy atom. The number of anilines is 1. The van der Waals surface area contributed by atoms with Gasteiger partial charge in [-0.25, -0.2) is 4.98 Å². The smallest absolute Gasteiger partial charge is 0.295 e. The molecule has 110 valence electrons. The molecule has 0 bridgehead atoms. The molecule has 0 spiro atoms. The third-order valence-electron chi connectivity index (χ3n) is 4.00. The molecular weight excluding hydrogens is 270 g/mol. The molecule has 1 fully saturated rings. The van der Waals surface area contributed by atoms with Gasteiger partial charge in [-0.05, 0) is 19.4 Å². The fraction of sp³-hybridized carbons (Fsp3) is 0.400. The average molecular weight is 287 g/mol. The Kier molecular flexibility index (Phi) is 3.70. The number of nitro benzene ring substituents is 1. The normalized spacial score (nSPS) is 19.6. The highest BCUT2D eigenvalue weighted by atomic mass is 16.6. The van der Waals surface area contributed by atoms with E-state index in [0.717, 1.165) is 30.7 Å². The number of nitro groups is 1. The van der Waals surface area contributed by atoms with E-state index in [0.29, 0.717) is 11.4 Å². The SMILES string of the molecule is CC(Nc1ccnc2c([N+](=O)[O-])cccc12)C1CCOC1. The summed E-state index contributed by atoms with van der Waals surface area (Å²) in [4.78, 5) is 14.9. The molecule has 21 heavy (non-hydrogen) atoms. The number of hydrogen-bond acceptors (Lipinski definition) is 5. The zero-order chi connectivity index (χ0) is 14.8. The van der Waals surface area contributed by atoms with Gasteiger partial charge in [0.15, 0.2) is 0 Å². The lowest BCUT2D eigenvalue weighted by Crippen LogP contribution is -2.26. The summed E-state index contributed by atoms with van der Waals surface area (Å²) in [6.45, 7) is 3.68. The van der Waals surface area contributed by atoms with Crippen LogP contribution in [0.3, 0.4) is 0 Å². The lowest BCUT2D eigenvalue weighted by Gasteiger charge is -2.21. The lowest BCUT2D eigenvalue weighted by molar-refractivity contribution is -0.383. The number of nitrogens with zero attached hydrogens (tertiary/aromatic N) is 2. The fourth-order valence-corrected chi connectivity index (χ4v) is 2.74. The number of pyridine rings is 1. The van der Waals surface area contributed by atoms with Crippen molar-refractivity contribution < 1.29 is 9.66 Å². The summed E-state index contributed by atoms with van der Waals surface area (Å²) in [5.74, 6) is 0.465. The first-order valence-electron chi connectivity index (χ1n) is 7.03. The van der Waals surface area contributed by atoms with Crippen molar-refractivity contribution in [3.63, 3.8) is 0 Å². The van der Waals surface area contributed by atoms with Crippen molar-refractivity contribution in [2.75, 3.05) is 18.5 Å². The molecule has 0 aliphatic carbocycles. The van der Waals surface area contributed by atoms with Gasteiger partial charge in [0.25, 0.3) is 5.69 Å². The molecule has 1 aromatic carbocycles. The van der Waals surface area contributed by atoms with E-state index in [2.05, 4.69) is 17.2 Å². The Morgan fingerprint density at radius 3 is 3.05 bits per heavy atom. The van der Waals surface area contributed by atoms with Crippen molar-refractivity contribution in [1.29, 1.82) is 0 Å². The average Bonchev–Trinajstić information content (AvgIpc) is 3.01. The third-order valence-corrected chi connectivity index (χ3v) is 4.00. The van der Waals surface area contributed by atoms with E-state index in [9.17, 15) is 10.1 Å². The summed E-state index contributed by atoms with van der Waals surface area (Å²) in [7, 11) is 0. The molecule has 1 N–H and O–H groups in total. The number of rotatable bonds is 4. The second kappa shape index (κ2) is 5.65. The van der Waals surface area contributed by atoms with E-state index >= 15 is 0 Å². The van der Waals surface area contributed by atoms with Gasteiger partial charge in [-0.2, -0.15) is 0 Å². The van der Waals surface area contributed by atoms with Crippen molar-refractivity contribution in [2.45, 2.75) is 19.4 Å². The van der Waals surface area contributed by atoms with Gasteiger partial charge in [-0.1, -0.05) is 12.1 Å². The second-order valence-corrected chi connectivity index (χ2v) is 5.35. The molecule has 2 aromatic rings. The summed E-state index contributed by atoms with van der Waals surface area (Å²) >= 11 is 0. The first-order valence-corrected chi connectivity index (χ1v) is 7.03. The van der Waals surface area contributed by atoms with Crippen LogP contribution in [0, 0.1) is 16.0 Å². The topological polar surface area (TPSA) is 77.3 Å². The Balaban J connectivity index is 1.95. The number of para-hydroxylation sites is 1. The van der Waals surface area contributed by atoms with Crippen molar-refractivity contribution >= 4 is 22.3 Å². The Morgan fingerprint density at radius 2 is 2.33 bits per heavy atom. The first kappa shape index (κ1) is 13.8. The van der Waals surface area contributed by atoms with Crippen LogP contribution in [0.15, 0.2) is 30.5 Å². The summed E-state index contributed by atoms with van der Waals surface area (Å²) in [5, 5.41) is 15.3. The predicted octanol–water partition coefficient (Wildman–Crippen LogP) is 2.98. The number of aromatic nitrogens is 1. The minimum atomic E-state index is -0.395. The van der Waals surface area contributed by atoms with Crippen LogP contribution in [-0.2, 0) is 4.74 Å². The van der Waals surface area contributed by atoms with Crippen molar-refractivity contribution in [2.24, 2.45) is 5.92 Å². The number of nitrogens with one attached hydrogen (secondary N) is 1. The van der Waals surface area contributed by atoms with E-state index in [-0.39, 0.29) is 11.7 Å². The summed E-state index contributed by atoms with van der Waals surface area (Å²) < 4.78 is 5.41. The minimum absolute atomic E-state index is 0.0352. The van der Waals surface area contributed by atoms with Gasteiger partial charge in [0.1, 0.15) is 5.52 Å². The Labute approximate surface area is 122 Å². The van der Waals surface area contributed by atoms with Crippen LogP contribution in [-0.4, -0.2) is 29.2 Å². The van der Waals surface area contributed by atoms with Crippen molar-refractivity contribution in [3.05, 3.63) is 40.6 Å². The molecule has 1 aromatic heterocycles. The maximum atomic E-state index is 11.1. The highest BCUT2D eigenvalue weighted by Crippen LogP contribution is 2.30. The van der Waals surface area contributed by atoms with E-state index in [1.807, 2.05) is 12.1 Å². The first-order chi connectivity index (χ1) is 10.2. The second-order valence-electron chi connectivity index (χ2n) is 5.35. The zero-order valence-corrected chi connectivity index (χ0v) is 11.8. The van der Waals surface area contributed by atoms with E-state index in [1.54, 1.807) is 12.3 Å². The van der Waals surface area contributed by atoms with Gasteiger partial charge >= 0.3 is 0 Å². The molecule has 1 aliphatic heterocycles. The van der Waals surface area contributed by atoms with Gasteiger partial charge in [-0.15, -0.1) is 0 Å². The van der Waals surface area contributed by atoms with Crippen LogP contribution in [0.2, 0.25) is 0 Å². The molecular formula is C15H17N3O3. The maximum absolute atomic E-state index is 11.1. The molecule has 0 amide bonds. The number of benzene rings is 1. The molecule has 1 aliphatic rings. The third kappa shape index (κ3) is 2.67. The molecule has 2 atom stereocenters. The van der Waals surface area contributed by atoms with E-state index in [1.165, 1.54) is 6.07 Å². The summed E-state index contributed by atoms with van der Waals surface area (Å²) in [5.41, 5.74) is 1.33. The van der Waals surface area contributed by atoms with Crippen LogP contribution in [0.25, 0.3) is 10.9 Å². The number of ether oxygens (including phenoxy) is 1. The van der Waals surface area contributed by atoms with Crippen LogP contribution < -0.4 is 5.32 Å². The van der Waals surface area contributed by atoms with Crippen molar-refractivity contribution in [3.8, 4) is 0 Å². The predicted molar refractivity (Wildman–Crippen MR) is 80.4 cm³/mol. The largest absolute Gasteiger partial charge is 0.382 e. The van der Waals surface area contributed by atoms with E-state index < -0.39 is 4.92 Å². The number of non-ortho nitro benzene ring substituents is 1. The Hall–Kier alpha value is -2.21. The van der Waals surface area contributed by atoms with Crippen LogP contribution in [0.4, 0.5) is 11.4 Å². The molecule has 0 radical (unpaired) electrons. The standard InChI is InChI=1S/C15H17N3O3/c1-10(11-6-8-21-9-11)17-13-5-7-16-15-12(13)3-2-4-14(15)18(19)20/h2-5,7,10-11H,6,8-9H2,1H3,(H,16,17). The van der Waals surface area contributed by atoms with Crippen LogP contribution in [0.1, 0.15) is 13.3 Å².